The van der Waals surface area contributed by atoms with E-state index >= 15 is 0 Å². The zero-order chi connectivity index (χ0) is 28.2. The molecule has 0 radical (unpaired) electrons. The van der Waals surface area contributed by atoms with Crippen molar-refractivity contribution in [2.24, 2.45) is 5.10 Å². The number of rotatable bonds is 9. The van der Waals surface area contributed by atoms with Gasteiger partial charge in [0.15, 0.2) is 5.76 Å². The van der Waals surface area contributed by atoms with E-state index in [2.05, 4.69) is 45.6 Å². The normalized spacial score (nSPS) is 11.2. The summed E-state index contributed by atoms with van der Waals surface area (Å²) in [6, 6.07) is 25.3. The van der Waals surface area contributed by atoms with Gasteiger partial charge in [-0.1, -0.05) is 0 Å². The van der Waals surface area contributed by atoms with Gasteiger partial charge >= 0.3 is 5.91 Å². The van der Waals surface area contributed by atoms with Crippen LogP contribution in [0.5, 0.6) is 11.5 Å². The summed E-state index contributed by atoms with van der Waals surface area (Å²) in [7, 11) is 1.65. The Bertz CT molecular complexity index is 1630. The SMILES string of the molecule is COc1ccc(-n2c(C)cc(/C=N/NC(=O)c3ccc(COc4ccc(-n5c(C)ccc5C)cc4)o3)c2C)cc1. The van der Waals surface area contributed by atoms with Gasteiger partial charge in [0.05, 0.1) is 13.3 Å². The van der Waals surface area contributed by atoms with Gasteiger partial charge in [0.1, 0.15) is 23.9 Å². The van der Waals surface area contributed by atoms with Gasteiger partial charge in [-0.15, -0.1) is 0 Å². The zero-order valence-electron chi connectivity index (χ0n) is 23.3. The molecule has 0 saturated carbocycles. The summed E-state index contributed by atoms with van der Waals surface area (Å²) >= 11 is 0. The Morgan fingerprint density at radius 1 is 0.825 bits per heavy atom. The maximum Gasteiger partial charge on any atom is 0.307 e. The first-order valence-corrected chi connectivity index (χ1v) is 13.0. The number of aromatic nitrogens is 2. The van der Waals surface area contributed by atoms with Crippen molar-refractivity contribution >= 4 is 12.1 Å². The number of aryl methyl sites for hydroxylation is 3. The minimum absolute atomic E-state index is 0.161. The number of ether oxygens (including phenoxy) is 2. The molecule has 0 aliphatic heterocycles. The number of amides is 1. The second-order valence-corrected chi connectivity index (χ2v) is 9.56. The van der Waals surface area contributed by atoms with Gasteiger partial charge in [0.2, 0.25) is 0 Å². The van der Waals surface area contributed by atoms with Crippen molar-refractivity contribution in [2.75, 3.05) is 7.11 Å². The third-order valence-corrected chi connectivity index (χ3v) is 6.80. The monoisotopic (exact) mass is 536 g/mol. The van der Waals surface area contributed by atoms with Gasteiger partial charge in [-0.05, 0) is 107 Å². The smallest absolute Gasteiger partial charge is 0.307 e. The summed E-state index contributed by atoms with van der Waals surface area (Å²) in [6.07, 6.45) is 1.63. The molecule has 3 aromatic heterocycles. The van der Waals surface area contributed by atoms with Crippen LogP contribution in [0.15, 0.2) is 88.4 Å². The van der Waals surface area contributed by atoms with Crippen molar-refractivity contribution in [2.45, 2.75) is 34.3 Å². The number of nitrogens with one attached hydrogen (secondary N) is 1. The van der Waals surface area contributed by atoms with E-state index in [0.717, 1.165) is 34.1 Å². The Kier molecular flexibility index (Phi) is 7.59. The van der Waals surface area contributed by atoms with Gasteiger partial charge in [-0.3, -0.25) is 4.79 Å². The van der Waals surface area contributed by atoms with Crippen molar-refractivity contribution in [1.29, 1.82) is 0 Å². The Labute approximate surface area is 233 Å². The first-order valence-electron chi connectivity index (χ1n) is 13.0. The van der Waals surface area contributed by atoms with Crippen LogP contribution in [0.4, 0.5) is 0 Å². The minimum Gasteiger partial charge on any atom is -0.497 e. The van der Waals surface area contributed by atoms with Crippen LogP contribution >= 0.6 is 0 Å². The molecule has 5 aromatic rings. The van der Waals surface area contributed by atoms with Crippen LogP contribution in [0.3, 0.4) is 0 Å². The summed E-state index contributed by atoms with van der Waals surface area (Å²) in [4.78, 5) is 12.6. The summed E-state index contributed by atoms with van der Waals surface area (Å²) in [5, 5.41) is 4.15. The van der Waals surface area contributed by atoms with E-state index in [-0.39, 0.29) is 12.4 Å². The van der Waals surface area contributed by atoms with Crippen LogP contribution in [-0.4, -0.2) is 28.4 Å². The highest BCUT2D eigenvalue weighted by Crippen LogP contribution is 2.23. The zero-order valence-corrected chi connectivity index (χ0v) is 23.3. The van der Waals surface area contributed by atoms with Crippen molar-refractivity contribution in [3.63, 3.8) is 0 Å². The van der Waals surface area contributed by atoms with Crippen LogP contribution in [0, 0.1) is 27.7 Å². The number of carbonyl (C=O) groups excluding carboxylic acids is 1. The fraction of sp³-hybridized carbons (Fsp3) is 0.188. The van der Waals surface area contributed by atoms with Crippen molar-refractivity contribution in [3.8, 4) is 22.9 Å². The van der Waals surface area contributed by atoms with Gasteiger partial charge in [-0.2, -0.15) is 5.10 Å². The molecular weight excluding hydrogens is 504 g/mol. The fourth-order valence-electron chi connectivity index (χ4n) is 4.76. The molecule has 5 rings (SSSR count). The van der Waals surface area contributed by atoms with Crippen LogP contribution in [0.1, 0.15) is 44.7 Å². The van der Waals surface area contributed by atoms with Gasteiger partial charge < -0.3 is 23.0 Å². The average Bonchev–Trinajstić information content (AvgIpc) is 3.65. The van der Waals surface area contributed by atoms with Crippen LogP contribution in [0.25, 0.3) is 11.4 Å². The molecule has 0 bridgehead atoms. The molecule has 0 unspecified atom stereocenters. The highest BCUT2D eigenvalue weighted by atomic mass is 16.5. The maximum atomic E-state index is 12.6. The first-order chi connectivity index (χ1) is 19.3. The summed E-state index contributed by atoms with van der Waals surface area (Å²) in [5.41, 5.74) is 9.94. The standard InChI is InChI=1S/C32H32N4O4/c1-21-6-7-22(2)35(21)26-10-14-29(15-11-26)39-20-30-16-17-31(40-30)32(37)34-33-19-25-18-23(3)36(24(25)4)27-8-12-28(38-5)13-9-27/h6-19H,20H2,1-5H3,(H,34,37)/b33-19+. The molecule has 0 aliphatic carbocycles. The van der Waals surface area contributed by atoms with Gasteiger partial charge in [-0.25, -0.2) is 5.43 Å². The van der Waals surface area contributed by atoms with Crippen LogP contribution in [0.2, 0.25) is 0 Å². The summed E-state index contributed by atoms with van der Waals surface area (Å²) in [6.45, 7) is 8.40. The number of nitrogens with zero attached hydrogens (tertiary/aromatic N) is 3. The summed E-state index contributed by atoms with van der Waals surface area (Å²) in [5.74, 6) is 1.78. The molecule has 1 N–H and O–H groups in total. The highest BCUT2D eigenvalue weighted by molar-refractivity contribution is 5.92. The lowest BCUT2D eigenvalue weighted by molar-refractivity contribution is 0.0923. The van der Waals surface area contributed by atoms with Gasteiger partial charge in [0.25, 0.3) is 0 Å². The third-order valence-electron chi connectivity index (χ3n) is 6.80. The van der Waals surface area contributed by atoms with E-state index in [1.807, 2.05) is 68.4 Å². The van der Waals surface area contributed by atoms with E-state index < -0.39 is 5.91 Å². The summed E-state index contributed by atoms with van der Waals surface area (Å²) < 4.78 is 21.1. The molecule has 0 aliphatic rings. The number of benzene rings is 2. The topological polar surface area (TPSA) is 82.9 Å². The Morgan fingerprint density at radius 2 is 1.45 bits per heavy atom. The number of hydrazone groups is 1. The van der Waals surface area contributed by atoms with E-state index in [0.29, 0.717) is 11.5 Å². The van der Waals surface area contributed by atoms with E-state index in [1.165, 1.54) is 11.4 Å². The van der Waals surface area contributed by atoms with E-state index in [4.69, 9.17) is 13.9 Å². The molecule has 40 heavy (non-hydrogen) atoms. The number of furan rings is 1. The molecule has 0 fully saturated rings. The predicted octanol–water partition coefficient (Wildman–Crippen LogP) is 6.45. The molecule has 0 saturated heterocycles. The Morgan fingerprint density at radius 3 is 2.10 bits per heavy atom. The van der Waals surface area contributed by atoms with E-state index in [1.54, 1.807) is 25.5 Å². The number of methoxy groups -OCH3 is 1. The Hall–Kier alpha value is -4.98. The lowest BCUT2D eigenvalue weighted by Crippen LogP contribution is -2.16. The molecule has 1 amide bonds. The largest absolute Gasteiger partial charge is 0.497 e. The second-order valence-electron chi connectivity index (χ2n) is 9.56. The van der Waals surface area contributed by atoms with Crippen LogP contribution in [-0.2, 0) is 6.61 Å². The van der Waals surface area contributed by atoms with E-state index in [9.17, 15) is 4.79 Å². The quantitative estimate of drug-likeness (QED) is 0.173. The molecule has 8 heteroatoms. The molecule has 204 valence electrons. The highest BCUT2D eigenvalue weighted by Gasteiger charge is 2.13. The molecular formula is C32H32N4O4. The third kappa shape index (κ3) is 5.56. The second kappa shape index (κ2) is 11.4. The van der Waals surface area contributed by atoms with Crippen molar-refractivity contribution < 1.29 is 18.7 Å². The number of hydrogen-bond acceptors (Lipinski definition) is 5. The fourth-order valence-corrected chi connectivity index (χ4v) is 4.76. The van der Waals surface area contributed by atoms with Crippen LogP contribution < -0.4 is 14.9 Å². The molecule has 2 aromatic carbocycles. The lowest BCUT2D eigenvalue weighted by atomic mass is 10.2. The molecule has 0 spiro atoms. The predicted molar refractivity (Wildman–Crippen MR) is 155 cm³/mol. The maximum absolute atomic E-state index is 12.6. The number of hydrogen-bond donors (Lipinski definition) is 1. The van der Waals surface area contributed by atoms with Gasteiger partial charge in [0, 0.05) is 39.7 Å². The first kappa shape index (κ1) is 26.6. The van der Waals surface area contributed by atoms with Crippen molar-refractivity contribution in [3.05, 3.63) is 119 Å². The van der Waals surface area contributed by atoms with Crippen molar-refractivity contribution in [1.82, 2.24) is 14.6 Å². The lowest BCUT2D eigenvalue weighted by Gasteiger charge is -2.10. The number of carbonyl (C=O) groups is 1. The molecule has 0 atom stereocenters. The average molecular weight is 537 g/mol. The molecule has 8 nitrogen and oxygen atoms in total. The minimum atomic E-state index is -0.437. The Balaban J connectivity index is 1.17. The molecule has 3 heterocycles.